The molecular weight excluding hydrogens is 216 g/mol. The number of hydrogen-bond donors (Lipinski definition) is 2. The zero-order chi connectivity index (χ0) is 12.3. The normalized spacial score (nSPS) is 23.6. The first-order valence-corrected chi connectivity index (χ1v) is 5.87. The first-order chi connectivity index (χ1) is 8.18. The van der Waals surface area contributed by atoms with Gasteiger partial charge in [-0.3, -0.25) is 4.79 Å². The Kier molecular flexibility index (Phi) is 3.76. The Morgan fingerprint density at radius 3 is 2.71 bits per heavy atom. The van der Waals surface area contributed by atoms with Gasteiger partial charge in [0.15, 0.2) is 0 Å². The Morgan fingerprint density at radius 1 is 1.41 bits per heavy atom. The van der Waals surface area contributed by atoms with E-state index in [1.807, 2.05) is 30.3 Å². The van der Waals surface area contributed by atoms with Gasteiger partial charge in [-0.2, -0.15) is 0 Å². The largest absolute Gasteiger partial charge is 0.390 e. The van der Waals surface area contributed by atoms with Crippen molar-refractivity contribution in [1.82, 2.24) is 10.2 Å². The van der Waals surface area contributed by atoms with Crippen LogP contribution in [0.2, 0.25) is 0 Å². The molecule has 4 nitrogen and oxygen atoms in total. The average Bonchev–Trinajstić information content (AvgIpc) is 2.76. The molecule has 0 aliphatic carbocycles. The van der Waals surface area contributed by atoms with E-state index < -0.39 is 6.10 Å². The Hall–Kier alpha value is -1.39. The van der Waals surface area contributed by atoms with E-state index in [2.05, 4.69) is 5.32 Å². The van der Waals surface area contributed by atoms with Crippen LogP contribution in [0.15, 0.2) is 30.3 Å². The second kappa shape index (κ2) is 5.29. The van der Waals surface area contributed by atoms with Gasteiger partial charge in [0.05, 0.1) is 18.6 Å². The molecule has 1 amide bonds. The molecular formula is C13H18N2O2. The smallest absolute Gasteiger partial charge is 0.227 e. The summed E-state index contributed by atoms with van der Waals surface area (Å²) in [5.41, 5.74) is 1.00. The number of carbonyl (C=O) groups excluding carboxylic acids is 1. The summed E-state index contributed by atoms with van der Waals surface area (Å²) in [5.74, 6) is 0.0453. The molecule has 2 N–H and O–H groups in total. The Balaban J connectivity index is 1.96. The number of likely N-dealkylation sites (N-methyl/N-ethyl adjacent to an activating group) is 1. The predicted molar refractivity (Wildman–Crippen MR) is 65.6 cm³/mol. The number of nitrogens with zero attached hydrogens (tertiary/aromatic N) is 1. The second-order valence-corrected chi connectivity index (χ2v) is 4.46. The Bertz CT molecular complexity index is 380. The van der Waals surface area contributed by atoms with Crippen molar-refractivity contribution in [3.05, 3.63) is 35.9 Å². The summed E-state index contributed by atoms with van der Waals surface area (Å²) in [7, 11) is 1.76. The van der Waals surface area contributed by atoms with Crippen LogP contribution in [0.3, 0.4) is 0 Å². The van der Waals surface area contributed by atoms with Crippen LogP contribution in [-0.2, 0) is 11.2 Å². The fraction of sp³-hybridized carbons (Fsp3) is 0.462. The van der Waals surface area contributed by atoms with Crippen LogP contribution in [0.5, 0.6) is 0 Å². The van der Waals surface area contributed by atoms with Crippen LogP contribution < -0.4 is 5.32 Å². The van der Waals surface area contributed by atoms with Crippen LogP contribution >= 0.6 is 0 Å². The quantitative estimate of drug-likeness (QED) is 0.775. The summed E-state index contributed by atoms with van der Waals surface area (Å²) in [6.07, 6.45) is -0.0691. The van der Waals surface area contributed by atoms with Crippen LogP contribution in [0.25, 0.3) is 0 Å². The number of benzene rings is 1. The lowest BCUT2D eigenvalue weighted by atomic mass is 10.1. The minimum atomic E-state index is -0.459. The maximum Gasteiger partial charge on any atom is 0.227 e. The molecule has 4 heteroatoms. The Morgan fingerprint density at radius 2 is 2.12 bits per heavy atom. The molecule has 1 aliphatic rings. The molecule has 0 saturated carbocycles. The molecule has 2 rings (SSSR count). The van der Waals surface area contributed by atoms with E-state index >= 15 is 0 Å². The van der Waals surface area contributed by atoms with Crippen molar-refractivity contribution in [2.75, 3.05) is 20.1 Å². The van der Waals surface area contributed by atoms with Crippen molar-refractivity contribution in [3.63, 3.8) is 0 Å². The third-order valence-corrected chi connectivity index (χ3v) is 3.24. The van der Waals surface area contributed by atoms with Crippen molar-refractivity contribution in [1.29, 1.82) is 0 Å². The maximum absolute atomic E-state index is 12.0. The minimum Gasteiger partial charge on any atom is -0.390 e. The van der Waals surface area contributed by atoms with Crippen LogP contribution in [0.4, 0.5) is 0 Å². The van der Waals surface area contributed by atoms with Crippen molar-refractivity contribution in [2.45, 2.75) is 18.6 Å². The fourth-order valence-corrected chi connectivity index (χ4v) is 2.13. The lowest BCUT2D eigenvalue weighted by Crippen LogP contribution is -2.44. The molecule has 1 heterocycles. The lowest BCUT2D eigenvalue weighted by Gasteiger charge is -2.26. The van der Waals surface area contributed by atoms with E-state index in [0.29, 0.717) is 19.5 Å². The highest BCUT2D eigenvalue weighted by Gasteiger charge is 2.30. The molecule has 0 radical (unpaired) electrons. The molecule has 1 aromatic rings. The van der Waals surface area contributed by atoms with Crippen molar-refractivity contribution in [2.24, 2.45) is 0 Å². The molecule has 0 spiro atoms. The molecule has 1 fully saturated rings. The van der Waals surface area contributed by atoms with Crippen molar-refractivity contribution in [3.8, 4) is 0 Å². The maximum atomic E-state index is 12.0. The fourth-order valence-electron chi connectivity index (χ4n) is 2.13. The zero-order valence-electron chi connectivity index (χ0n) is 9.97. The third-order valence-electron chi connectivity index (χ3n) is 3.24. The average molecular weight is 234 g/mol. The molecule has 2 atom stereocenters. The number of aliphatic hydroxyl groups excluding tert-OH is 1. The molecule has 0 aromatic heterocycles. The van der Waals surface area contributed by atoms with Gasteiger partial charge in [-0.15, -0.1) is 0 Å². The number of aliphatic hydroxyl groups is 1. The van der Waals surface area contributed by atoms with Crippen molar-refractivity contribution >= 4 is 5.91 Å². The highest BCUT2D eigenvalue weighted by atomic mass is 16.3. The standard InChI is InChI=1S/C13H18N2O2/c1-15(11-8-14-9-12(11)16)13(17)7-10-5-3-2-4-6-10/h2-6,11-12,14,16H,7-9H2,1H3/t11-,12-/m1/s1. The topological polar surface area (TPSA) is 52.6 Å². The summed E-state index contributed by atoms with van der Waals surface area (Å²) in [6, 6.07) is 9.56. The summed E-state index contributed by atoms with van der Waals surface area (Å²) >= 11 is 0. The second-order valence-electron chi connectivity index (χ2n) is 4.46. The highest BCUT2D eigenvalue weighted by Crippen LogP contribution is 2.10. The van der Waals surface area contributed by atoms with E-state index in [1.54, 1.807) is 11.9 Å². The van der Waals surface area contributed by atoms with Gasteiger partial charge in [-0.05, 0) is 5.56 Å². The van der Waals surface area contributed by atoms with Gasteiger partial charge in [-0.1, -0.05) is 30.3 Å². The van der Waals surface area contributed by atoms with Gasteiger partial charge in [-0.25, -0.2) is 0 Å². The monoisotopic (exact) mass is 234 g/mol. The van der Waals surface area contributed by atoms with E-state index in [1.165, 1.54) is 0 Å². The molecule has 1 aliphatic heterocycles. The van der Waals surface area contributed by atoms with Crippen molar-refractivity contribution < 1.29 is 9.90 Å². The summed E-state index contributed by atoms with van der Waals surface area (Å²) in [5, 5.41) is 12.8. The number of amides is 1. The SMILES string of the molecule is CN(C(=O)Cc1ccccc1)[C@@H]1CNC[C@H]1O. The van der Waals surface area contributed by atoms with Crippen LogP contribution in [0, 0.1) is 0 Å². The molecule has 17 heavy (non-hydrogen) atoms. The van der Waals surface area contributed by atoms with E-state index in [0.717, 1.165) is 5.56 Å². The molecule has 1 aromatic carbocycles. The van der Waals surface area contributed by atoms with E-state index in [-0.39, 0.29) is 11.9 Å². The summed E-state index contributed by atoms with van der Waals surface area (Å²) in [4.78, 5) is 13.7. The molecule has 1 saturated heterocycles. The zero-order valence-corrected chi connectivity index (χ0v) is 9.97. The van der Waals surface area contributed by atoms with E-state index in [9.17, 15) is 9.90 Å². The minimum absolute atomic E-state index is 0.0453. The van der Waals surface area contributed by atoms with Gasteiger partial charge in [0, 0.05) is 20.1 Å². The first-order valence-electron chi connectivity index (χ1n) is 5.87. The Labute approximate surface area is 101 Å². The molecule has 92 valence electrons. The highest BCUT2D eigenvalue weighted by molar-refractivity contribution is 5.79. The predicted octanol–water partition coefficient (Wildman–Crippen LogP) is 0.0202. The molecule has 0 unspecified atom stereocenters. The van der Waals surface area contributed by atoms with Gasteiger partial charge in [0.1, 0.15) is 0 Å². The molecule has 0 bridgehead atoms. The number of hydrogen-bond acceptors (Lipinski definition) is 3. The first kappa shape index (κ1) is 12.1. The lowest BCUT2D eigenvalue weighted by molar-refractivity contribution is -0.132. The van der Waals surface area contributed by atoms with Crippen LogP contribution in [0.1, 0.15) is 5.56 Å². The van der Waals surface area contributed by atoms with E-state index in [4.69, 9.17) is 0 Å². The number of carbonyl (C=O) groups is 1. The summed E-state index contributed by atoms with van der Waals surface area (Å²) in [6.45, 7) is 1.23. The van der Waals surface area contributed by atoms with Gasteiger partial charge >= 0.3 is 0 Å². The van der Waals surface area contributed by atoms with Gasteiger partial charge in [0.2, 0.25) is 5.91 Å². The number of nitrogens with one attached hydrogen (secondary N) is 1. The third kappa shape index (κ3) is 2.84. The number of rotatable bonds is 3. The van der Waals surface area contributed by atoms with Crippen LogP contribution in [-0.4, -0.2) is 48.2 Å². The van der Waals surface area contributed by atoms with Gasteiger partial charge in [0.25, 0.3) is 0 Å². The summed E-state index contributed by atoms with van der Waals surface area (Å²) < 4.78 is 0. The number of β-amino-alcohol motifs (C(OH)–C–C–N with tert-alkyl or cyclic N) is 1. The van der Waals surface area contributed by atoms with Gasteiger partial charge < -0.3 is 15.3 Å².